The van der Waals surface area contributed by atoms with Crippen molar-refractivity contribution in [3.05, 3.63) is 35.9 Å². The van der Waals surface area contributed by atoms with Gasteiger partial charge in [-0.25, -0.2) is 4.79 Å². The van der Waals surface area contributed by atoms with E-state index in [4.69, 9.17) is 0 Å². The van der Waals surface area contributed by atoms with E-state index in [0.717, 1.165) is 31.4 Å². The van der Waals surface area contributed by atoms with Crippen LogP contribution < -0.4 is 10.6 Å². The van der Waals surface area contributed by atoms with Crippen LogP contribution in [-0.2, 0) is 11.3 Å². The Labute approximate surface area is 151 Å². The maximum absolute atomic E-state index is 12.7. The molecule has 1 heterocycles. The quantitative estimate of drug-likeness (QED) is 0.832. The Balaban J connectivity index is 1.86. The molecule has 1 atom stereocenters. The molecule has 2 rings (SSSR count). The third kappa shape index (κ3) is 5.76. The average Bonchev–Trinajstić information content (AvgIpc) is 2.60. The molecule has 1 aromatic rings. The zero-order valence-corrected chi connectivity index (χ0v) is 15.7. The Morgan fingerprint density at radius 3 is 2.60 bits per heavy atom. The van der Waals surface area contributed by atoms with Gasteiger partial charge in [0, 0.05) is 26.2 Å². The highest BCUT2D eigenvalue weighted by atomic mass is 16.2. The second kappa shape index (κ2) is 8.88. The predicted octanol–water partition coefficient (Wildman–Crippen LogP) is 3.16. The number of piperidine rings is 1. The molecule has 5 heteroatoms. The SMILES string of the molecule is CC(C)CCNC(=O)N1CCC[C@@](C)(C(=O)NCc2ccccc2)C1. The first-order valence-corrected chi connectivity index (χ1v) is 9.26. The Kier molecular flexibility index (Phi) is 6.85. The summed E-state index contributed by atoms with van der Waals surface area (Å²) in [5, 5.41) is 6.00. The molecular weight excluding hydrogens is 314 g/mol. The highest BCUT2D eigenvalue weighted by Gasteiger charge is 2.39. The predicted molar refractivity (Wildman–Crippen MR) is 100 cm³/mol. The molecule has 0 saturated carbocycles. The van der Waals surface area contributed by atoms with E-state index in [2.05, 4.69) is 24.5 Å². The van der Waals surface area contributed by atoms with Crippen LogP contribution in [0.15, 0.2) is 30.3 Å². The minimum Gasteiger partial charge on any atom is -0.351 e. The van der Waals surface area contributed by atoms with Crippen LogP contribution in [0.3, 0.4) is 0 Å². The number of carbonyl (C=O) groups is 2. The van der Waals surface area contributed by atoms with Gasteiger partial charge in [0.2, 0.25) is 5.91 Å². The van der Waals surface area contributed by atoms with Gasteiger partial charge in [-0.1, -0.05) is 44.2 Å². The number of amides is 3. The molecular formula is C20H31N3O2. The number of nitrogens with zero attached hydrogens (tertiary/aromatic N) is 1. The lowest BCUT2D eigenvalue weighted by molar-refractivity contribution is -0.132. The van der Waals surface area contributed by atoms with Crippen molar-refractivity contribution in [2.45, 2.75) is 46.6 Å². The average molecular weight is 345 g/mol. The highest BCUT2D eigenvalue weighted by molar-refractivity contribution is 5.84. The summed E-state index contributed by atoms with van der Waals surface area (Å²) in [6, 6.07) is 9.84. The van der Waals surface area contributed by atoms with Crippen molar-refractivity contribution < 1.29 is 9.59 Å². The molecule has 138 valence electrons. The molecule has 0 spiro atoms. The second-order valence-electron chi connectivity index (χ2n) is 7.67. The summed E-state index contributed by atoms with van der Waals surface area (Å²) in [4.78, 5) is 26.8. The van der Waals surface area contributed by atoms with Gasteiger partial charge in [-0.3, -0.25) is 4.79 Å². The van der Waals surface area contributed by atoms with Crippen molar-refractivity contribution in [3.8, 4) is 0 Å². The number of carbonyl (C=O) groups excluding carboxylic acids is 2. The Bertz CT molecular complexity index is 574. The maximum atomic E-state index is 12.7. The van der Waals surface area contributed by atoms with E-state index >= 15 is 0 Å². The van der Waals surface area contributed by atoms with Crippen LogP contribution in [0.5, 0.6) is 0 Å². The fourth-order valence-electron chi connectivity index (χ4n) is 3.17. The number of benzene rings is 1. The van der Waals surface area contributed by atoms with E-state index < -0.39 is 5.41 Å². The van der Waals surface area contributed by atoms with E-state index in [-0.39, 0.29) is 11.9 Å². The summed E-state index contributed by atoms with van der Waals surface area (Å²) in [5.41, 5.74) is 0.557. The molecule has 2 N–H and O–H groups in total. The van der Waals surface area contributed by atoms with Crippen molar-refractivity contribution in [2.75, 3.05) is 19.6 Å². The third-order valence-corrected chi connectivity index (χ3v) is 4.83. The van der Waals surface area contributed by atoms with Gasteiger partial charge in [0.05, 0.1) is 5.41 Å². The van der Waals surface area contributed by atoms with Gasteiger partial charge < -0.3 is 15.5 Å². The van der Waals surface area contributed by atoms with Gasteiger partial charge in [-0.05, 0) is 37.7 Å². The minimum absolute atomic E-state index is 0.0241. The monoisotopic (exact) mass is 345 g/mol. The largest absolute Gasteiger partial charge is 0.351 e. The van der Waals surface area contributed by atoms with Crippen LogP contribution in [-0.4, -0.2) is 36.5 Å². The Hall–Kier alpha value is -2.04. The number of nitrogens with one attached hydrogen (secondary N) is 2. The zero-order valence-electron chi connectivity index (χ0n) is 15.7. The molecule has 1 saturated heterocycles. The van der Waals surface area contributed by atoms with Crippen LogP contribution in [0.4, 0.5) is 4.79 Å². The molecule has 1 aliphatic rings. The van der Waals surface area contributed by atoms with E-state index in [0.29, 0.717) is 25.6 Å². The van der Waals surface area contributed by atoms with Gasteiger partial charge in [-0.15, -0.1) is 0 Å². The van der Waals surface area contributed by atoms with E-state index in [1.54, 1.807) is 4.90 Å². The standard InChI is InChI=1S/C20H31N3O2/c1-16(2)10-12-21-19(25)23-13-7-11-20(3,15-23)18(24)22-14-17-8-5-4-6-9-17/h4-6,8-9,16H,7,10-15H2,1-3H3,(H,21,25)(H,22,24)/t20-/m1/s1. The molecule has 3 amide bonds. The van der Waals surface area contributed by atoms with Gasteiger partial charge in [0.15, 0.2) is 0 Å². The lowest BCUT2D eigenvalue weighted by Gasteiger charge is -2.39. The first-order valence-electron chi connectivity index (χ1n) is 9.26. The summed E-state index contributed by atoms with van der Waals surface area (Å²) in [5.74, 6) is 0.590. The molecule has 0 radical (unpaired) electrons. The first-order chi connectivity index (χ1) is 11.9. The van der Waals surface area contributed by atoms with Crippen molar-refractivity contribution in [2.24, 2.45) is 11.3 Å². The van der Waals surface area contributed by atoms with Crippen LogP contribution >= 0.6 is 0 Å². The van der Waals surface area contributed by atoms with Gasteiger partial charge in [0.25, 0.3) is 0 Å². The molecule has 25 heavy (non-hydrogen) atoms. The molecule has 0 aliphatic carbocycles. The molecule has 5 nitrogen and oxygen atoms in total. The minimum atomic E-state index is -0.525. The molecule has 1 aromatic carbocycles. The van der Waals surface area contributed by atoms with E-state index in [9.17, 15) is 9.59 Å². The van der Waals surface area contributed by atoms with Crippen molar-refractivity contribution >= 4 is 11.9 Å². The zero-order chi connectivity index (χ0) is 18.3. The van der Waals surface area contributed by atoms with Crippen LogP contribution in [0.25, 0.3) is 0 Å². The van der Waals surface area contributed by atoms with Crippen molar-refractivity contribution in [1.82, 2.24) is 15.5 Å². The summed E-state index contributed by atoms with van der Waals surface area (Å²) in [7, 11) is 0. The van der Waals surface area contributed by atoms with E-state index in [1.807, 2.05) is 37.3 Å². The van der Waals surface area contributed by atoms with Gasteiger partial charge >= 0.3 is 6.03 Å². The van der Waals surface area contributed by atoms with Crippen molar-refractivity contribution in [1.29, 1.82) is 0 Å². The molecule has 1 aliphatic heterocycles. The van der Waals surface area contributed by atoms with E-state index in [1.165, 1.54) is 0 Å². The Morgan fingerprint density at radius 1 is 1.20 bits per heavy atom. The van der Waals surface area contributed by atoms with Crippen LogP contribution in [0, 0.1) is 11.3 Å². The third-order valence-electron chi connectivity index (χ3n) is 4.83. The number of rotatable bonds is 6. The Morgan fingerprint density at radius 2 is 1.92 bits per heavy atom. The lowest BCUT2D eigenvalue weighted by Crippen LogP contribution is -2.54. The van der Waals surface area contributed by atoms with Gasteiger partial charge in [0.1, 0.15) is 0 Å². The number of urea groups is 1. The summed E-state index contributed by atoms with van der Waals surface area (Å²) in [6.07, 6.45) is 2.63. The second-order valence-corrected chi connectivity index (χ2v) is 7.67. The fourth-order valence-corrected chi connectivity index (χ4v) is 3.17. The number of hydrogen-bond donors (Lipinski definition) is 2. The van der Waals surface area contributed by atoms with Gasteiger partial charge in [-0.2, -0.15) is 0 Å². The highest BCUT2D eigenvalue weighted by Crippen LogP contribution is 2.29. The summed E-state index contributed by atoms with van der Waals surface area (Å²) >= 11 is 0. The number of hydrogen-bond acceptors (Lipinski definition) is 2. The normalized spacial score (nSPS) is 20.4. The van der Waals surface area contributed by atoms with Crippen molar-refractivity contribution in [3.63, 3.8) is 0 Å². The molecule has 0 aromatic heterocycles. The number of likely N-dealkylation sites (tertiary alicyclic amines) is 1. The summed E-state index contributed by atoms with van der Waals surface area (Å²) in [6.45, 7) is 8.64. The first kappa shape index (κ1) is 19.3. The maximum Gasteiger partial charge on any atom is 0.317 e. The summed E-state index contributed by atoms with van der Waals surface area (Å²) < 4.78 is 0. The molecule has 1 fully saturated rings. The smallest absolute Gasteiger partial charge is 0.317 e. The molecule has 0 unspecified atom stereocenters. The fraction of sp³-hybridized carbons (Fsp3) is 0.600. The topological polar surface area (TPSA) is 61.4 Å². The lowest BCUT2D eigenvalue weighted by atomic mass is 9.81. The molecule has 0 bridgehead atoms. The van der Waals surface area contributed by atoms with Crippen LogP contribution in [0.2, 0.25) is 0 Å². The van der Waals surface area contributed by atoms with Crippen LogP contribution in [0.1, 0.15) is 45.6 Å².